The summed E-state index contributed by atoms with van der Waals surface area (Å²) in [5, 5.41) is 29.1. The summed E-state index contributed by atoms with van der Waals surface area (Å²) in [4.78, 5) is 0. The summed E-state index contributed by atoms with van der Waals surface area (Å²) in [6, 6.07) is 13.2. The molecule has 25 heavy (non-hydrogen) atoms. The standard InChI is InChI=1S/C18H25N5O2/c1-18(2,3)19-12-15(24)13-25-17-10-9-16(22-23-17)21-20-11-14-7-5-4-6-8-14/h4-10,15,19,24H,11-13H2,1-3H3. The average molecular weight is 343 g/mol. The van der Waals surface area contributed by atoms with Crippen LogP contribution >= 0.6 is 0 Å². The van der Waals surface area contributed by atoms with Crippen LogP contribution in [-0.2, 0) is 6.54 Å². The number of azo groups is 1. The third kappa shape index (κ3) is 7.82. The minimum absolute atomic E-state index is 0.0484. The number of aliphatic hydroxyl groups is 1. The van der Waals surface area contributed by atoms with E-state index < -0.39 is 6.10 Å². The number of β-amino-alcohol motifs (C(OH)–C–C–N with tert-alkyl or cyclic N) is 1. The maximum Gasteiger partial charge on any atom is 0.233 e. The summed E-state index contributed by atoms with van der Waals surface area (Å²) in [7, 11) is 0. The topological polar surface area (TPSA) is 92.0 Å². The van der Waals surface area contributed by atoms with Crippen molar-refractivity contribution in [2.24, 2.45) is 10.2 Å². The number of hydrogen-bond acceptors (Lipinski definition) is 7. The van der Waals surface area contributed by atoms with Crippen LogP contribution in [0, 0.1) is 0 Å². The Morgan fingerprint density at radius 3 is 2.52 bits per heavy atom. The molecule has 7 nitrogen and oxygen atoms in total. The third-order valence-electron chi connectivity index (χ3n) is 3.19. The lowest BCUT2D eigenvalue weighted by atomic mass is 10.1. The Balaban J connectivity index is 1.76. The molecule has 7 heteroatoms. The molecule has 0 radical (unpaired) electrons. The first kappa shape index (κ1) is 19.0. The molecule has 0 aliphatic carbocycles. The normalized spacial score (nSPS) is 13.1. The van der Waals surface area contributed by atoms with Gasteiger partial charge in [0.25, 0.3) is 0 Å². The molecule has 0 saturated carbocycles. The van der Waals surface area contributed by atoms with E-state index in [2.05, 4.69) is 25.7 Å². The Kier molecular flexibility index (Phi) is 6.97. The number of hydrogen-bond donors (Lipinski definition) is 2. The fraction of sp³-hybridized carbons (Fsp3) is 0.444. The monoisotopic (exact) mass is 343 g/mol. The Morgan fingerprint density at radius 1 is 1.12 bits per heavy atom. The Bertz CT molecular complexity index is 653. The minimum Gasteiger partial charge on any atom is -0.474 e. The van der Waals surface area contributed by atoms with Gasteiger partial charge in [0.05, 0.1) is 6.54 Å². The first-order chi connectivity index (χ1) is 11.9. The number of nitrogens with one attached hydrogen (secondary N) is 1. The van der Waals surface area contributed by atoms with Crippen LogP contribution < -0.4 is 10.1 Å². The second kappa shape index (κ2) is 9.19. The molecule has 0 aliphatic rings. The first-order valence-electron chi connectivity index (χ1n) is 8.23. The van der Waals surface area contributed by atoms with Gasteiger partial charge in [0, 0.05) is 18.2 Å². The van der Waals surface area contributed by atoms with Gasteiger partial charge < -0.3 is 15.2 Å². The number of aromatic nitrogens is 2. The van der Waals surface area contributed by atoms with Crippen LogP contribution in [0.2, 0.25) is 0 Å². The highest BCUT2D eigenvalue weighted by atomic mass is 16.5. The molecule has 0 fully saturated rings. The van der Waals surface area contributed by atoms with Crippen LogP contribution in [0.25, 0.3) is 0 Å². The quantitative estimate of drug-likeness (QED) is 0.719. The summed E-state index contributed by atoms with van der Waals surface area (Å²) in [6.07, 6.45) is -0.619. The zero-order valence-corrected chi connectivity index (χ0v) is 14.9. The number of nitrogens with zero attached hydrogens (tertiary/aromatic N) is 4. The summed E-state index contributed by atoms with van der Waals surface area (Å²) in [5.41, 5.74) is 1.03. The second-order valence-electron chi connectivity index (χ2n) is 6.71. The van der Waals surface area contributed by atoms with Crippen molar-refractivity contribution >= 4 is 5.82 Å². The van der Waals surface area contributed by atoms with Crippen molar-refractivity contribution in [3.63, 3.8) is 0 Å². The van der Waals surface area contributed by atoms with E-state index in [0.717, 1.165) is 5.56 Å². The van der Waals surface area contributed by atoms with Gasteiger partial charge in [-0.1, -0.05) is 30.3 Å². The maximum absolute atomic E-state index is 9.88. The molecule has 1 aromatic carbocycles. The number of rotatable bonds is 8. The molecule has 1 atom stereocenters. The predicted molar refractivity (Wildman–Crippen MR) is 96.0 cm³/mol. The minimum atomic E-state index is -0.619. The second-order valence-corrected chi connectivity index (χ2v) is 6.71. The molecule has 0 spiro atoms. The summed E-state index contributed by atoms with van der Waals surface area (Å²) in [5.74, 6) is 0.759. The molecule has 1 unspecified atom stereocenters. The Hall–Kier alpha value is -2.38. The van der Waals surface area contributed by atoms with Gasteiger partial charge in [-0.2, -0.15) is 5.11 Å². The van der Waals surface area contributed by atoms with E-state index in [0.29, 0.717) is 24.8 Å². The lowest BCUT2D eigenvalue weighted by molar-refractivity contribution is 0.0972. The lowest BCUT2D eigenvalue weighted by Gasteiger charge is -2.22. The summed E-state index contributed by atoms with van der Waals surface area (Å²) < 4.78 is 5.43. The molecule has 1 aromatic heterocycles. The van der Waals surface area contributed by atoms with E-state index in [1.807, 2.05) is 51.1 Å². The van der Waals surface area contributed by atoms with Crippen molar-refractivity contribution in [1.82, 2.24) is 15.5 Å². The van der Waals surface area contributed by atoms with Crippen molar-refractivity contribution in [1.29, 1.82) is 0 Å². The largest absolute Gasteiger partial charge is 0.474 e. The fourth-order valence-electron chi connectivity index (χ4n) is 1.88. The molecule has 2 rings (SSSR count). The lowest BCUT2D eigenvalue weighted by Crippen LogP contribution is -2.42. The molecular formula is C18H25N5O2. The van der Waals surface area contributed by atoms with E-state index >= 15 is 0 Å². The highest BCUT2D eigenvalue weighted by Crippen LogP contribution is 2.12. The van der Waals surface area contributed by atoms with Gasteiger partial charge in [0.2, 0.25) is 5.88 Å². The Labute approximate surface area is 148 Å². The van der Waals surface area contributed by atoms with Gasteiger partial charge >= 0.3 is 0 Å². The summed E-state index contributed by atoms with van der Waals surface area (Å²) in [6.45, 7) is 7.20. The van der Waals surface area contributed by atoms with E-state index in [4.69, 9.17) is 4.74 Å². The molecule has 0 saturated heterocycles. The van der Waals surface area contributed by atoms with E-state index in [1.54, 1.807) is 12.1 Å². The molecular weight excluding hydrogens is 318 g/mol. The van der Waals surface area contributed by atoms with Gasteiger partial charge in [-0.25, -0.2) is 0 Å². The number of ether oxygens (including phenoxy) is 1. The van der Waals surface area contributed by atoms with Gasteiger partial charge in [-0.05, 0) is 32.4 Å². The molecule has 0 amide bonds. The smallest absolute Gasteiger partial charge is 0.233 e. The van der Waals surface area contributed by atoms with Gasteiger partial charge in [0.1, 0.15) is 12.7 Å². The number of aliphatic hydroxyl groups excluding tert-OH is 1. The highest BCUT2D eigenvalue weighted by Gasteiger charge is 2.12. The molecule has 0 bridgehead atoms. The SMILES string of the molecule is CC(C)(C)NCC(O)COc1ccc(N=NCc2ccccc2)nn1. The zero-order chi connectivity index (χ0) is 18.1. The predicted octanol–water partition coefficient (Wildman–Crippen LogP) is 2.89. The van der Waals surface area contributed by atoms with Crippen molar-refractivity contribution in [2.75, 3.05) is 13.2 Å². The molecule has 0 aliphatic heterocycles. The highest BCUT2D eigenvalue weighted by molar-refractivity contribution is 5.26. The van der Waals surface area contributed by atoms with E-state index in [9.17, 15) is 5.11 Å². The Morgan fingerprint density at radius 2 is 1.88 bits per heavy atom. The van der Waals surface area contributed by atoms with Crippen LogP contribution in [0.5, 0.6) is 5.88 Å². The molecule has 2 N–H and O–H groups in total. The van der Waals surface area contributed by atoms with Gasteiger partial charge in [-0.3, -0.25) is 0 Å². The van der Waals surface area contributed by atoms with E-state index in [-0.39, 0.29) is 12.1 Å². The fourth-order valence-corrected chi connectivity index (χ4v) is 1.88. The number of benzene rings is 1. The summed E-state index contributed by atoms with van der Waals surface area (Å²) >= 11 is 0. The average Bonchev–Trinajstić information content (AvgIpc) is 2.59. The van der Waals surface area contributed by atoms with Crippen LogP contribution in [0.15, 0.2) is 52.7 Å². The van der Waals surface area contributed by atoms with Gasteiger partial charge in [0.15, 0.2) is 5.82 Å². The van der Waals surface area contributed by atoms with Crippen LogP contribution in [0.4, 0.5) is 5.82 Å². The third-order valence-corrected chi connectivity index (χ3v) is 3.19. The van der Waals surface area contributed by atoms with Crippen molar-refractivity contribution < 1.29 is 9.84 Å². The van der Waals surface area contributed by atoms with Crippen molar-refractivity contribution in [3.8, 4) is 5.88 Å². The van der Waals surface area contributed by atoms with Crippen LogP contribution in [-0.4, -0.2) is 40.1 Å². The van der Waals surface area contributed by atoms with Crippen LogP contribution in [0.1, 0.15) is 26.3 Å². The van der Waals surface area contributed by atoms with Crippen LogP contribution in [0.3, 0.4) is 0 Å². The molecule has 2 aromatic rings. The van der Waals surface area contributed by atoms with Crippen molar-refractivity contribution in [3.05, 3.63) is 48.0 Å². The molecule has 134 valence electrons. The maximum atomic E-state index is 9.88. The zero-order valence-electron chi connectivity index (χ0n) is 14.9. The first-order valence-corrected chi connectivity index (χ1v) is 8.23. The molecule has 1 heterocycles. The van der Waals surface area contributed by atoms with Gasteiger partial charge in [-0.15, -0.1) is 15.3 Å². The van der Waals surface area contributed by atoms with E-state index in [1.165, 1.54) is 0 Å². The van der Waals surface area contributed by atoms with Crippen molar-refractivity contribution in [2.45, 2.75) is 39.0 Å².